The molecule has 144 valence electrons. The predicted octanol–water partition coefficient (Wildman–Crippen LogP) is 3.67. The van der Waals surface area contributed by atoms with E-state index in [4.69, 9.17) is 9.26 Å². The van der Waals surface area contributed by atoms with Crippen molar-refractivity contribution < 1.29 is 14.1 Å². The molecule has 1 aromatic heterocycles. The number of aromatic nitrogens is 2. The third-order valence-corrected chi connectivity index (χ3v) is 5.55. The fraction of sp³-hybridized carbons (Fsp3) is 0.550. The van der Waals surface area contributed by atoms with Crippen molar-refractivity contribution in [1.82, 2.24) is 15.0 Å². The molecule has 1 aromatic carbocycles. The van der Waals surface area contributed by atoms with Crippen LogP contribution in [0.15, 0.2) is 28.8 Å². The second-order valence-electron chi connectivity index (χ2n) is 7.29. The molecule has 1 amide bonds. The Labute approximate surface area is 159 Å². The number of methoxy groups -OCH3 is 1. The Morgan fingerprint density at radius 1 is 1.15 bits per heavy atom. The maximum atomic E-state index is 11.6. The lowest BCUT2D eigenvalue weighted by Crippen LogP contribution is -2.37. The predicted molar refractivity (Wildman–Crippen MR) is 102 cm³/mol. The molecule has 0 unspecified atom stereocenters. The van der Waals surface area contributed by atoms with Crippen molar-refractivity contribution in [1.29, 1.82) is 0 Å². The number of carbonyl (C=O) groups excluding carboxylic acids is 1. The van der Waals surface area contributed by atoms with Gasteiger partial charge in [0.15, 0.2) is 5.82 Å². The highest BCUT2D eigenvalue weighted by Crippen LogP contribution is 2.30. The van der Waals surface area contributed by atoms with Crippen molar-refractivity contribution in [2.24, 2.45) is 0 Å². The molecule has 7 heteroatoms. The standard InChI is InChI=1S/C20H26N4O3/c1-26-20(25)24-12-8-15(9-13-24)18-21-19(27-22-18)16-6-5-7-17(14-16)23-10-3-2-4-11-23/h5-7,14-15H,2-4,8-13H2,1H3. The summed E-state index contributed by atoms with van der Waals surface area (Å²) in [6, 6.07) is 8.36. The van der Waals surface area contributed by atoms with E-state index < -0.39 is 0 Å². The minimum atomic E-state index is -0.267. The van der Waals surface area contributed by atoms with E-state index in [0.29, 0.717) is 19.0 Å². The number of amides is 1. The van der Waals surface area contributed by atoms with Gasteiger partial charge in [-0.15, -0.1) is 0 Å². The van der Waals surface area contributed by atoms with Gasteiger partial charge in [-0.1, -0.05) is 11.2 Å². The van der Waals surface area contributed by atoms with Gasteiger partial charge in [0.2, 0.25) is 0 Å². The van der Waals surface area contributed by atoms with Crippen molar-refractivity contribution >= 4 is 11.8 Å². The first-order valence-electron chi connectivity index (χ1n) is 9.76. The van der Waals surface area contributed by atoms with E-state index in [9.17, 15) is 4.79 Å². The van der Waals surface area contributed by atoms with E-state index in [-0.39, 0.29) is 12.0 Å². The minimum absolute atomic E-state index is 0.216. The summed E-state index contributed by atoms with van der Waals surface area (Å²) in [5, 5.41) is 4.21. The summed E-state index contributed by atoms with van der Waals surface area (Å²) in [5.74, 6) is 1.52. The summed E-state index contributed by atoms with van der Waals surface area (Å²) in [6.07, 6.45) is 5.19. The number of carbonyl (C=O) groups is 1. The maximum absolute atomic E-state index is 11.6. The van der Waals surface area contributed by atoms with Gasteiger partial charge in [0.05, 0.1) is 7.11 Å². The van der Waals surface area contributed by atoms with E-state index in [1.54, 1.807) is 4.90 Å². The van der Waals surface area contributed by atoms with E-state index >= 15 is 0 Å². The van der Waals surface area contributed by atoms with Gasteiger partial charge in [-0.2, -0.15) is 4.98 Å². The molecule has 2 aromatic rings. The second kappa shape index (κ2) is 7.98. The van der Waals surface area contributed by atoms with Gasteiger partial charge in [0.25, 0.3) is 5.89 Å². The van der Waals surface area contributed by atoms with Gasteiger partial charge in [-0.25, -0.2) is 4.79 Å². The van der Waals surface area contributed by atoms with Crippen LogP contribution in [0.4, 0.5) is 10.5 Å². The molecule has 2 aliphatic heterocycles. The van der Waals surface area contributed by atoms with Crippen LogP contribution in [-0.4, -0.2) is 54.4 Å². The van der Waals surface area contributed by atoms with Gasteiger partial charge in [-0.05, 0) is 50.3 Å². The van der Waals surface area contributed by atoms with Crippen LogP contribution in [0.2, 0.25) is 0 Å². The van der Waals surface area contributed by atoms with Gasteiger partial charge in [0, 0.05) is 43.3 Å². The minimum Gasteiger partial charge on any atom is -0.453 e. The fourth-order valence-corrected chi connectivity index (χ4v) is 3.96. The molecule has 0 atom stereocenters. The van der Waals surface area contributed by atoms with Crippen molar-refractivity contribution in [2.45, 2.75) is 38.0 Å². The van der Waals surface area contributed by atoms with E-state index in [0.717, 1.165) is 37.3 Å². The SMILES string of the molecule is COC(=O)N1CCC(c2noc(-c3cccc(N4CCCCC4)c3)n2)CC1. The summed E-state index contributed by atoms with van der Waals surface area (Å²) in [6.45, 7) is 3.53. The maximum Gasteiger partial charge on any atom is 0.409 e. The molecule has 0 spiro atoms. The Balaban J connectivity index is 1.44. The molecule has 0 aliphatic carbocycles. The number of rotatable bonds is 3. The van der Waals surface area contributed by atoms with E-state index in [2.05, 4.69) is 33.2 Å². The molecular formula is C20H26N4O3. The zero-order chi connectivity index (χ0) is 18.6. The lowest BCUT2D eigenvalue weighted by atomic mass is 9.96. The Bertz CT molecular complexity index is 777. The van der Waals surface area contributed by atoms with E-state index in [1.165, 1.54) is 32.1 Å². The van der Waals surface area contributed by atoms with Gasteiger partial charge < -0.3 is 19.1 Å². The lowest BCUT2D eigenvalue weighted by Gasteiger charge is -2.29. The molecule has 7 nitrogen and oxygen atoms in total. The molecule has 2 fully saturated rings. The third-order valence-electron chi connectivity index (χ3n) is 5.55. The lowest BCUT2D eigenvalue weighted by molar-refractivity contribution is 0.111. The van der Waals surface area contributed by atoms with Crippen molar-refractivity contribution in [2.75, 3.05) is 38.2 Å². The number of piperidine rings is 2. The molecule has 2 saturated heterocycles. The molecule has 2 aliphatic rings. The largest absolute Gasteiger partial charge is 0.453 e. The summed E-state index contributed by atoms with van der Waals surface area (Å²) < 4.78 is 10.3. The van der Waals surface area contributed by atoms with Crippen LogP contribution in [0.1, 0.15) is 43.8 Å². The molecule has 3 heterocycles. The summed E-state index contributed by atoms with van der Waals surface area (Å²) in [5.41, 5.74) is 2.18. The molecule has 4 rings (SSSR count). The summed E-state index contributed by atoms with van der Waals surface area (Å²) in [4.78, 5) is 20.4. The number of nitrogens with zero attached hydrogens (tertiary/aromatic N) is 4. The quantitative estimate of drug-likeness (QED) is 0.821. The van der Waals surface area contributed by atoms with Gasteiger partial charge >= 0.3 is 6.09 Å². The second-order valence-corrected chi connectivity index (χ2v) is 7.29. The smallest absolute Gasteiger partial charge is 0.409 e. The van der Waals surface area contributed by atoms with Crippen molar-refractivity contribution in [3.63, 3.8) is 0 Å². The molecule has 0 bridgehead atoms. The Morgan fingerprint density at radius 3 is 2.67 bits per heavy atom. The number of ether oxygens (including phenoxy) is 1. The monoisotopic (exact) mass is 370 g/mol. The Hall–Kier alpha value is -2.57. The normalized spacial score (nSPS) is 18.6. The first kappa shape index (κ1) is 17.8. The average Bonchev–Trinajstić information content (AvgIpc) is 3.24. The van der Waals surface area contributed by atoms with Crippen LogP contribution in [0.25, 0.3) is 11.5 Å². The number of likely N-dealkylation sites (tertiary alicyclic amines) is 1. The molecule has 0 saturated carbocycles. The molecule has 0 N–H and O–H groups in total. The van der Waals surface area contributed by atoms with E-state index in [1.807, 2.05) is 6.07 Å². The van der Waals surface area contributed by atoms with Crippen LogP contribution in [0.3, 0.4) is 0 Å². The highest BCUT2D eigenvalue weighted by molar-refractivity contribution is 5.67. The zero-order valence-corrected chi connectivity index (χ0v) is 15.8. The van der Waals surface area contributed by atoms with Crippen molar-refractivity contribution in [3.8, 4) is 11.5 Å². The van der Waals surface area contributed by atoms with Crippen molar-refractivity contribution in [3.05, 3.63) is 30.1 Å². The third kappa shape index (κ3) is 3.91. The summed E-state index contributed by atoms with van der Waals surface area (Å²) in [7, 11) is 1.41. The van der Waals surface area contributed by atoms with Crippen LogP contribution in [0.5, 0.6) is 0 Å². The molecule has 0 radical (unpaired) electrons. The summed E-state index contributed by atoms with van der Waals surface area (Å²) >= 11 is 0. The van der Waals surface area contributed by atoms with Crippen LogP contribution in [0, 0.1) is 0 Å². The number of anilines is 1. The van der Waals surface area contributed by atoms with Crippen LogP contribution < -0.4 is 4.90 Å². The Kier molecular flexibility index (Phi) is 5.27. The van der Waals surface area contributed by atoms with Crippen LogP contribution >= 0.6 is 0 Å². The number of hydrogen-bond donors (Lipinski definition) is 0. The average molecular weight is 370 g/mol. The topological polar surface area (TPSA) is 71.7 Å². The zero-order valence-electron chi connectivity index (χ0n) is 15.8. The fourth-order valence-electron chi connectivity index (χ4n) is 3.96. The first-order valence-corrected chi connectivity index (χ1v) is 9.76. The van der Waals surface area contributed by atoms with Crippen LogP contribution in [-0.2, 0) is 4.74 Å². The highest BCUT2D eigenvalue weighted by Gasteiger charge is 2.27. The molecule has 27 heavy (non-hydrogen) atoms. The first-order chi connectivity index (χ1) is 13.2. The van der Waals surface area contributed by atoms with Gasteiger partial charge in [0.1, 0.15) is 0 Å². The highest BCUT2D eigenvalue weighted by atomic mass is 16.5. The molecular weight excluding hydrogens is 344 g/mol. The Morgan fingerprint density at radius 2 is 1.93 bits per heavy atom. The van der Waals surface area contributed by atoms with Gasteiger partial charge in [-0.3, -0.25) is 0 Å². The number of hydrogen-bond acceptors (Lipinski definition) is 6. The number of benzene rings is 1.